The highest BCUT2D eigenvalue weighted by molar-refractivity contribution is 5.79. The van der Waals surface area contributed by atoms with E-state index in [4.69, 9.17) is 5.26 Å². The fourth-order valence-corrected chi connectivity index (χ4v) is 3.55. The maximum absolute atomic E-state index is 12.2. The molecule has 3 rings (SSSR count). The van der Waals surface area contributed by atoms with E-state index in [-0.39, 0.29) is 11.9 Å². The summed E-state index contributed by atoms with van der Waals surface area (Å²) in [6, 6.07) is 2.38. The Morgan fingerprint density at radius 3 is 3.09 bits per heavy atom. The predicted molar refractivity (Wildman–Crippen MR) is 79.5 cm³/mol. The van der Waals surface area contributed by atoms with Crippen molar-refractivity contribution in [3.8, 4) is 6.07 Å². The Morgan fingerprint density at radius 2 is 2.32 bits per heavy atom. The molecule has 1 amide bonds. The molecule has 0 radical (unpaired) electrons. The second kappa shape index (κ2) is 6.88. The molecule has 1 aromatic rings. The van der Waals surface area contributed by atoms with Crippen LogP contribution in [0.3, 0.4) is 0 Å². The molecule has 1 aromatic heterocycles. The van der Waals surface area contributed by atoms with E-state index in [2.05, 4.69) is 21.5 Å². The lowest BCUT2D eigenvalue weighted by molar-refractivity contribution is -0.130. The van der Waals surface area contributed by atoms with Gasteiger partial charge in [0.15, 0.2) is 0 Å². The number of hydrogen-bond acceptors (Lipinski definition) is 5. The molecule has 0 unspecified atom stereocenters. The van der Waals surface area contributed by atoms with Crippen LogP contribution in [0.15, 0.2) is 12.7 Å². The molecule has 1 saturated heterocycles. The summed E-state index contributed by atoms with van der Waals surface area (Å²) in [7, 11) is 0. The van der Waals surface area contributed by atoms with E-state index >= 15 is 0 Å². The van der Waals surface area contributed by atoms with Gasteiger partial charge in [0.2, 0.25) is 5.91 Å². The third-order valence-corrected chi connectivity index (χ3v) is 4.72. The van der Waals surface area contributed by atoms with Crippen molar-refractivity contribution < 1.29 is 4.79 Å². The van der Waals surface area contributed by atoms with E-state index in [9.17, 15) is 4.79 Å². The topological polar surface area (TPSA) is 86.8 Å². The molecule has 22 heavy (non-hydrogen) atoms. The third-order valence-electron chi connectivity index (χ3n) is 4.72. The minimum atomic E-state index is -0.224. The van der Waals surface area contributed by atoms with Crippen LogP contribution in [0.25, 0.3) is 0 Å². The van der Waals surface area contributed by atoms with Crippen LogP contribution in [0.2, 0.25) is 0 Å². The quantitative estimate of drug-likeness (QED) is 0.858. The lowest BCUT2D eigenvalue weighted by Gasteiger charge is -2.21. The molecule has 7 heteroatoms. The number of nitriles is 1. The normalized spacial score (nSPS) is 28.0. The first-order chi connectivity index (χ1) is 10.8. The average molecular weight is 302 g/mol. The second-order valence-corrected chi connectivity index (χ2v) is 6.25. The Morgan fingerprint density at radius 1 is 1.41 bits per heavy atom. The number of amides is 1. The summed E-state index contributed by atoms with van der Waals surface area (Å²) in [6.07, 6.45) is 8.36. The number of likely N-dealkylation sites (tertiary alicyclic amines) is 1. The molecule has 1 N–H and O–H groups in total. The molecule has 1 aliphatic carbocycles. The maximum Gasteiger partial charge on any atom is 0.237 e. The predicted octanol–water partition coefficient (Wildman–Crippen LogP) is 0.551. The van der Waals surface area contributed by atoms with Crippen LogP contribution in [0.5, 0.6) is 0 Å². The number of carbonyl (C=O) groups is 1. The number of nitrogens with one attached hydrogen (secondary N) is 1. The summed E-state index contributed by atoms with van der Waals surface area (Å²) in [5.41, 5.74) is 0. The number of aromatic nitrogens is 3. The van der Waals surface area contributed by atoms with Gasteiger partial charge in [-0.1, -0.05) is 0 Å². The van der Waals surface area contributed by atoms with Crippen molar-refractivity contribution in [2.75, 3.05) is 13.1 Å². The van der Waals surface area contributed by atoms with Crippen LogP contribution in [0.1, 0.15) is 32.1 Å². The zero-order valence-electron chi connectivity index (χ0n) is 12.7. The van der Waals surface area contributed by atoms with Crippen molar-refractivity contribution >= 4 is 5.91 Å². The molecule has 2 fully saturated rings. The van der Waals surface area contributed by atoms with Gasteiger partial charge < -0.3 is 10.2 Å². The van der Waals surface area contributed by atoms with Gasteiger partial charge in [-0.15, -0.1) is 0 Å². The fraction of sp³-hybridized carbons (Fsp3) is 0.733. The van der Waals surface area contributed by atoms with Gasteiger partial charge >= 0.3 is 0 Å². The van der Waals surface area contributed by atoms with E-state index in [0.29, 0.717) is 18.5 Å². The molecule has 7 nitrogen and oxygen atoms in total. The highest BCUT2D eigenvalue weighted by Crippen LogP contribution is 2.26. The van der Waals surface area contributed by atoms with Gasteiger partial charge in [0, 0.05) is 19.1 Å². The first kappa shape index (κ1) is 15.0. The Bertz CT molecular complexity index is 537. The van der Waals surface area contributed by atoms with E-state index in [1.807, 2.05) is 4.68 Å². The zero-order valence-corrected chi connectivity index (χ0v) is 12.7. The molecule has 1 aliphatic heterocycles. The molecule has 0 aromatic carbocycles. The van der Waals surface area contributed by atoms with Crippen LogP contribution in [-0.2, 0) is 11.3 Å². The SMILES string of the molecule is N#C[C@@H]1CCCN1C(=O)CN[C@@H]1CC[C@H](Cn2cncn2)C1. The van der Waals surface area contributed by atoms with Gasteiger partial charge in [-0.3, -0.25) is 9.48 Å². The highest BCUT2D eigenvalue weighted by atomic mass is 16.2. The highest BCUT2D eigenvalue weighted by Gasteiger charge is 2.30. The first-order valence-electron chi connectivity index (χ1n) is 8.01. The summed E-state index contributed by atoms with van der Waals surface area (Å²) < 4.78 is 1.87. The van der Waals surface area contributed by atoms with Gasteiger partial charge in [0.25, 0.3) is 0 Å². The molecular weight excluding hydrogens is 280 g/mol. The Hall–Kier alpha value is -1.94. The largest absolute Gasteiger partial charge is 0.326 e. The molecule has 118 valence electrons. The summed E-state index contributed by atoms with van der Waals surface area (Å²) >= 11 is 0. The van der Waals surface area contributed by atoms with Gasteiger partial charge in [-0.25, -0.2) is 4.98 Å². The number of hydrogen-bond donors (Lipinski definition) is 1. The summed E-state index contributed by atoms with van der Waals surface area (Å²) in [4.78, 5) is 17.9. The van der Waals surface area contributed by atoms with E-state index in [1.54, 1.807) is 17.6 Å². The molecule has 0 bridgehead atoms. The van der Waals surface area contributed by atoms with Crippen LogP contribution in [0, 0.1) is 17.2 Å². The van der Waals surface area contributed by atoms with E-state index < -0.39 is 0 Å². The smallest absolute Gasteiger partial charge is 0.237 e. The summed E-state index contributed by atoms with van der Waals surface area (Å²) in [5.74, 6) is 0.650. The van der Waals surface area contributed by atoms with Crippen molar-refractivity contribution in [2.24, 2.45) is 5.92 Å². The minimum absolute atomic E-state index is 0.0591. The Balaban J connectivity index is 1.41. The van der Waals surface area contributed by atoms with Crippen LogP contribution in [-0.4, -0.2) is 50.7 Å². The molecule has 1 saturated carbocycles. The van der Waals surface area contributed by atoms with Gasteiger partial charge in [0.1, 0.15) is 18.7 Å². The standard InChI is InChI=1S/C15H22N6O/c16-7-14-2-1-5-21(14)15(22)8-18-13-4-3-12(6-13)9-20-11-17-10-19-20/h10-14,18H,1-6,8-9H2/t12-,13+,14-/m0/s1. The number of nitrogens with zero attached hydrogens (tertiary/aromatic N) is 5. The lowest BCUT2D eigenvalue weighted by Crippen LogP contribution is -2.42. The van der Waals surface area contributed by atoms with Gasteiger partial charge in [0.05, 0.1) is 12.6 Å². The van der Waals surface area contributed by atoms with Crippen LogP contribution >= 0.6 is 0 Å². The molecule has 2 aliphatic rings. The summed E-state index contributed by atoms with van der Waals surface area (Å²) in [5, 5.41) is 16.6. The van der Waals surface area contributed by atoms with Crippen molar-refractivity contribution in [2.45, 2.75) is 50.7 Å². The minimum Gasteiger partial charge on any atom is -0.326 e. The van der Waals surface area contributed by atoms with Crippen LogP contribution in [0.4, 0.5) is 0 Å². The molecule has 2 heterocycles. The molecule has 0 spiro atoms. The Labute approximate surface area is 130 Å². The van der Waals surface area contributed by atoms with Crippen molar-refractivity contribution in [1.29, 1.82) is 5.26 Å². The monoisotopic (exact) mass is 302 g/mol. The lowest BCUT2D eigenvalue weighted by atomic mass is 10.1. The third kappa shape index (κ3) is 3.45. The van der Waals surface area contributed by atoms with Crippen LogP contribution < -0.4 is 5.32 Å². The number of carbonyl (C=O) groups excluding carboxylic acids is 1. The number of rotatable bonds is 5. The van der Waals surface area contributed by atoms with Gasteiger partial charge in [-0.2, -0.15) is 10.4 Å². The van der Waals surface area contributed by atoms with Gasteiger partial charge in [-0.05, 0) is 38.0 Å². The van der Waals surface area contributed by atoms with E-state index in [0.717, 1.165) is 45.2 Å². The zero-order chi connectivity index (χ0) is 15.4. The maximum atomic E-state index is 12.2. The van der Waals surface area contributed by atoms with Crippen molar-refractivity contribution in [3.63, 3.8) is 0 Å². The van der Waals surface area contributed by atoms with Crippen molar-refractivity contribution in [3.05, 3.63) is 12.7 Å². The Kier molecular flexibility index (Phi) is 4.68. The average Bonchev–Trinajstić information content (AvgIpc) is 3.26. The van der Waals surface area contributed by atoms with E-state index in [1.165, 1.54) is 0 Å². The fourth-order valence-electron chi connectivity index (χ4n) is 3.55. The van der Waals surface area contributed by atoms with Crippen molar-refractivity contribution in [1.82, 2.24) is 25.0 Å². The second-order valence-electron chi connectivity index (χ2n) is 6.25. The summed E-state index contributed by atoms with van der Waals surface area (Å²) in [6.45, 7) is 1.96. The molecule has 3 atom stereocenters. The molecular formula is C15H22N6O. The first-order valence-corrected chi connectivity index (χ1v) is 8.01.